The summed E-state index contributed by atoms with van der Waals surface area (Å²) < 4.78 is 1.84. The Morgan fingerprint density at radius 3 is 2.76 bits per heavy atom. The second kappa shape index (κ2) is 6.24. The lowest BCUT2D eigenvalue weighted by Crippen LogP contribution is -2.42. The Morgan fingerprint density at radius 1 is 1.38 bits per heavy atom. The highest BCUT2D eigenvalue weighted by Gasteiger charge is 2.29. The zero-order valence-electron chi connectivity index (χ0n) is 12.0. The van der Waals surface area contributed by atoms with E-state index in [9.17, 15) is 4.79 Å². The van der Waals surface area contributed by atoms with E-state index in [4.69, 9.17) is 0 Å². The van der Waals surface area contributed by atoms with Crippen molar-refractivity contribution in [3.8, 4) is 11.1 Å². The summed E-state index contributed by atoms with van der Waals surface area (Å²) >= 11 is 0. The smallest absolute Gasteiger partial charge is 0.248 e. The van der Waals surface area contributed by atoms with Crippen LogP contribution < -0.4 is 5.32 Å². The van der Waals surface area contributed by atoms with Gasteiger partial charge in [0.25, 0.3) is 0 Å². The van der Waals surface area contributed by atoms with Crippen LogP contribution in [0.2, 0.25) is 0 Å². The first-order valence-electron chi connectivity index (χ1n) is 6.57. The third kappa shape index (κ3) is 2.77. The molecule has 3 rings (SSSR count). The number of pyridine rings is 1. The Morgan fingerprint density at radius 2 is 2.10 bits per heavy atom. The molecule has 0 radical (unpaired) electrons. The van der Waals surface area contributed by atoms with E-state index in [1.807, 2.05) is 23.0 Å². The molecule has 21 heavy (non-hydrogen) atoms. The minimum absolute atomic E-state index is 0. The van der Waals surface area contributed by atoms with Crippen molar-refractivity contribution in [3.05, 3.63) is 36.4 Å². The number of fused-ring (bicyclic) bond motifs is 1. The fraction of sp³-hybridized carbons (Fsp3) is 0.357. The molecule has 0 spiro atoms. The van der Waals surface area contributed by atoms with Gasteiger partial charge in [-0.3, -0.25) is 14.5 Å². The quantitative estimate of drug-likeness (QED) is 0.902. The molecule has 0 aliphatic carbocycles. The molecule has 112 valence electrons. The van der Waals surface area contributed by atoms with E-state index < -0.39 is 0 Å². The highest BCUT2D eigenvalue weighted by atomic mass is 35.5. The fourth-order valence-electron chi connectivity index (χ4n) is 2.51. The van der Waals surface area contributed by atoms with Crippen LogP contribution in [0.5, 0.6) is 0 Å². The number of amides is 1. The number of nitrogens with zero attached hydrogens (tertiary/aromatic N) is 4. The van der Waals surface area contributed by atoms with Gasteiger partial charge in [0.05, 0.1) is 11.9 Å². The molecular formula is C14H18ClN5O. The van der Waals surface area contributed by atoms with Gasteiger partial charge in [0.2, 0.25) is 5.91 Å². The number of hydrogen-bond acceptors (Lipinski definition) is 4. The monoisotopic (exact) mass is 307 g/mol. The molecule has 2 aromatic heterocycles. The average molecular weight is 308 g/mol. The van der Waals surface area contributed by atoms with E-state index in [2.05, 4.69) is 15.4 Å². The van der Waals surface area contributed by atoms with Gasteiger partial charge in [-0.15, -0.1) is 12.4 Å². The van der Waals surface area contributed by atoms with Crippen molar-refractivity contribution in [2.75, 3.05) is 20.6 Å². The number of hydrogen-bond donors (Lipinski definition) is 1. The van der Waals surface area contributed by atoms with Gasteiger partial charge in [-0.1, -0.05) is 0 Å². The van der Waals surface area contributed by atoms with E-state index in [1.54, 1.807) is 31.4 Å². The van der Waals surface area contributed by atoms with Crippen LogP contribution >= 0.6 is 12.4 Å². The van der Waals surface area contributed by atoms with Crippen LogP contribution in [0.25, 0.3) is 11.1 Å². The van der Waals surface area contributed by atoms with Crippen molar-refractivity contribution >= 4 is 18.3 Å². The summed E-state index contributed by atoms with van der Waals surface area (Å²) in [5, 5.41) is 7.73. The lowest BCUT2D eigenvalue weighted by atomic mass is 10.1. The van der Waals surface area contributed by atoms with E-state index in [1.165, 1.54) is 0 Å². The zero-order valence-corrected chi connectivity index (χ0v) is 12.8. The summed E-state index contributed by atoms with van der Waals surface area (Å²) in [5.74, 6) is 0.0582. The largest absolute Gasteiger partial charge is 0.347 e. The number of aromatic nitrogens is 3. The molecule has 1 N–H and O–H groups in total. The summed E-state index contributed by atoms with van der Waals surface area (Å²) in [6.07, 6.45) is 5.35. The minimum atomic E-state index is -0.274. The lowest BCUT2D eigenvalue weighted by Gasteiger charge is -2.27. The number of rotatable bonds is 2. The van der Waals surface area contributed by atoms with E-state index in [0.29, 0.717) is 6.54 Å². The lowest BCUT2D eigenvalue weighted by molar-refractivity contribution is -0.132. The summed E-state index contributed by atoms with van der Waals surface area (Å²) in [4.78, 5) is 17.9. The Hall–Kier alpha value is -1.92. The zero-order chi connectivity index (χ0) is 14.1. The molecule has 0 saturated heterocycles. The molecule has 6 nitrogen and oxygen atoms in total. The number of nitrogens with one attached hydrogen (secondary N) is 1. The maximum atomic E-state index is 12.2. The number of carbonyl (C=O) groups excluding carboxylic acids is 1. The SMILES string of the molecule is CN(C)C(=O)C1CNCc2c(-c3ccncc3)cnn21.Cl. The number of halogens is 1. The first-order chi connectivity index (χ1) is 9.68. The Kier molecular flexibility index (Phi) is 4.59. The fourth-order valence-corrected chi connectivity index (χ4v) is 2.51. The highest BCUT2D eigenvalue weighted by molar-refractivity contribution is 5.85. The molecule has 7 heteroatoms. The topological polar surface area (TPSA) is 63.1 Å². The highest BCUT2D eigenvalue weighted by Crippen LogP contribution is 2.27. The summed E-state index contributed by atoms with van der Waals surface area (Å²) in [5.41, 5.74) is 3.17. The predicted octanol–water partition coefficient (Wildman–Crippen LogP) is 1.10. The van der Waals surface area contributed by atoms with Crippen molar-refractivity contribution in [2.45, 2.75) is 12.6 Å². The molecule has 1 aliphatic rings. The van der Waals surface area contributed by atoms with Crippen molar-refractivity contribution < 1.29 is 4.79 Å². The van der Waals surface area contributed by atoms with E-state index >= 15 is 0 Å². The number of likely N-dealkylation sites (N-methyl/N-ethyl adjacent to an activating group) is 1. The van der Waals surface area contributed by atoms with Gasteiger partial charge in [-0.25, -0.2) is 0 Å². The summed E-state index contributed by atoms with van der Waals surface area (Å²) in [6, 6.07) is 3.63. The molecule has 3 heterocycles. The van der Waals surface area contributed by atoms with Gasteiger partial charge in [-0.2, -0.15) is 5.10 Å². The first kappa shape index (κ1) is 15.5. The standard InChI is InChI=1S/C14H17N5O.ClH/c1-18(2)14(20)13-9-16-8-12-11(7-17-19(12)13)10-3-5-15-6-4-10;/h3-7,13,16H,8-9H2,1-2H3;1H. The molecule has 1 unspecified atom stereocenters. The average Bonchev–Trinajstić information content (AvgIpc) is 2.91. The van der Waals surface area contributed by atoms with Crippen LogP contribution in [-0.4, -0.2) is 46.2 Å². The first-order valence-corrected chi connectivity index (χ1v) is 6.57. The maximum Gasteiger partial charge on any atom is 0.248 e. The predicted molar refractivity (Wildman–Crippen MR) is 82.1 cm³/mol. The van der Waals surface area contributed by atoms with Crippen LogP contribution in [0.1, 0.15) is 11.7 Å². The van der Waals surface area contributed by atoms with Crippen molar-refractivity contribution in [3.63, 3.8) is 0 Å². The summed E-state index contributed by atoms with van der Waals surface area (Å²) in [7, 11) is 3.54. The maximum absolute atomic E-state index is 12.2. The summed E-state index contributed by atoms with van der Waals surface area (Å²) in [6.45, 7) is 1.33. The normalized spacial score (nSPS) is 16.8. The van der Waals surface area contributed by atoms with Crippen LogP contribution in [0.3, 0.4) is 0 Å². The van der Waals surface area contributed by atoms with Gasteiger partial charge >= 0.3 is 0 Å². The van der Waals surface area contributed by atoms with Crippen LogP contribution in [0.15, 0.2) is 30.7 Å². The van der Waals surface area contributed by atoms with Crippen LogP contribution in [0.4, 0.5) is 0 Å². The van der Waals surface area contributed by atoms with Crippen molar-refractivity contribution in [1.82, 2.24) is 25.0 Å². The Labute approximate surface area is 129 Å². The molecule has 0 saturated carbocycles. The van der Waals surface area contributed by atoms with Gasteiger partial charge < -0.3 is 10.2 Å². The number of carbonyl (C=O) groups is 1. The van der Waals surface area contributed by atoms with Gasteiger partial charge in [0.15, 0.2) is 0 Å². The Bertz CT molecular complexity index is 626. The third-order valence-electron chi connectivity index (χ3n) is 3.54. The molecule has 0 aromatic carbocycles. The molecule has 0 fully saturated rings. The molecule has 2 aromatic rings. The molecular weight excluding hydrogens is 290 g/mol. The Balaban J connectivity index is 0.00000161. The van der Waals surface area contributed by atoms with Gasteiger partial charge in [-0.05, 0) is 17.7 Å². The minimum Gasteiger partial charge on any atom is -0.347 e. The second-order valence-electron chi connectivity index (χ2n) is 5.06. The van der Waals surface area contributed by atoms with Gasteiger partial charge in [0.1, 0.15) is 6.04 Å². The molecule has 1 aliphatic heterocycles. The third-order valence-corrected chi connectivity index (χ3v) is 3.54. The van der Waals surface area contributed by atoms with E-state index in [0.717, 1.165) is 23.4 Å². The van der Waals surface area contributed by atoms with Crippen LogP contribution in [0, 0.1) is 0 Å². The van der Waals surface area contributed by atoms with Crippen LogP contribution in [-0.2, 0) is 11.3 Å². The van der Waals surface area contributed by atoms with E-state index in [-0.39, 0.29) is 24.4 Å². The molecule has 0 bridgehead atoms. The van der Waals surface area contributed by atoms with Gasteiger partial charge in [0, 0.05) is 45.1 Å². The molecule has 1 amide bonds. The van der Waals surface area contributed by atoms with Crippen molar-refractivity contribution in [2.24, 2.45) is 0 Å². The second-order valence-corrected chi connectivity index (χ2v) is 5.06. The molecule has 1 atom stereocenters. The van der Waals surface area contributed by atoms with Crippen molar-refractivity contribution in [1.29, 1.82) is 0 Å².